The van der Waals surface area contributed by atoms with Crippen LogP contribution in [0.5, 0.6) is 0 Å². The van der Waals surface area contributed by atoms with Gasteiger partial charge in [-0.2, -0.15) is 0 Å². The van der Waals surface area contributed by atoms with Crippen LogP contribution >= 0.6 is 0 Å². The Kier molecular flexibility index (Phi) is 5.10. The molecule has 0 aliphatic heterocycles. The minimum atomic E-state index is -0.737. The molecule has 1 atom stereocenters. The van der Waals surface area contributed by atoms with Crippen LogP contribution in [0.3, 0.4) is 0 Å². The zero-order valence-electron chi connectivity index (χ0n) is 6.98. The highest BCUT2D eigenvalue weighted by Crippen LogP contribution is 1.97. The van der Waals surface area contributed by atoms with Crippen LogP contribution in [0.1, 0.15) is 20.8 Å². The third-order valence-corrected chi connectivity index (χ3v) is 3.20. The summed E-state index contributed by atoms with van der Waals surface area (Å²) in [6.45, 7) is 9.80. The SMILES string of the molecule is CC[SiH](C)OCC(C)C. The van der Waals surface area contributed by atoms with Gasteiger partial charge in [0.15, 0.2) is 9.04 Å². The smallest absolute Gasteiger partial charge is 0.173 e. The van der Waals surface area contributed by atoms with Gasteiger partial charge >= 0.3 is 0 Å². The van der Waals surface area contributed by atoms with Crippen molar-refractivity contribution < 1.29 is 4.43 Å². The van der Waals surface area contributed by atoms with E-state index in [4.69, 9.17) is 4.43 Å². The van der Waals surface area contributed by atoms with Crippen LogP contribution in [0, 0.1) is 5.92 Å². The van der Waals surface area contributed by atoms with Crippen LogP contribution in [0.25, 0.3) is 0 Å². The van der Waals surface area contributed by atoms with Gasteiger partial charge in [-0.3, -0.25) is 0 Å². The molecule has 0 N–H and O–H groups in total. The summed E-state index contributed by atoms with van der Waals surface area (Å²) in [5, 5.41) is 0. The molecule has 0 aromatic heterocycles. The molecule has 0 amide bonds. The Morgan fingerprint density at radius 1 is 1.44 bits per heavy atom. The molecule has 0 aromatic carbocycles. The van der Waals surface area contributed by atoms with E-state index in [2.05, 4.69) is 27.3 Å². The van der Waals surface area contributed by atoms with E-state index >= 15 is 0 Å². The van der Waals surface area contributed by atoms with Gasteiger partial charge in [-0.1, -0.05) is 20.8 Å². The fraction of sp³-hybridized carbons (Fsp3) is 1.00. The van der Waals surface area contributed by atoms with Crippen LogP contribution in [0.15, 0.2) is 0 Å². The fourth-order valence-corrected chi connectivity index (χ4v) is 1.42. The molecule has 1 nitrogen and oxygen atoms in total. The molecule has 56 valence electrons. The van der Waals surface area contributed by atoms with Gasteiger partial charge in [0.2, 0.25) is 0 Å². The van der Waals surface area contributed by atoms with Crippen molar-refractivity contribution in [2.24, 2.45) is 5.92 Å². The van der Waals surface area contributed by atoms with Crippen molar-refractivity contribution in [3.05, 3.63) is 0 Å². The molecule has 1 unspecified atom stereocenters. The minimum absolute atomic E-state index is 0.700. The molecular formula is C7H18OSi. The number of rotatable bonds is 4. The van der Waals surface area contributed by atoms with Gasteiger partial charge in [-0.15, -0.1) is 0 Å². The topological polar surface area (TPSA) is 9.23 Å². The molecule has 9 heavy (non-hydrogen) atoms. The summed E-state index contributed by atoms with van der Waals surface area (Å²) in [6, 6.07) is 1.26. The quantitative estimate of drug-likeness (QED) is 0.551. The molecule has 0 heterocycles. The fourth-order valence-electron chi connectivity index (χ4n) is 0.475. The highest BCUT2D eigenvalue weighted by Gasteiger charge is 2.01. The van der Waals surface area contributed by atoms with Crippen LogP contribution in [-0.4, -0.2) is 15.6 Å². The third kappa shape index (κ3) is 6.06. The van der Waals surface area contributed by atoms with Gasteiger partial charge in [-0.25, -0.2) is 0 Å². The summed E-state index contributed by atoms with van der Waals surface area (Å²) in [4.78, 5) is 0. The number of hydrogen-bond donors (Lipinski definition) is 0. The molecule has 0 saturated carbocycles. The molecule has 0 saturated heterocycles. The maximum Gasteiger partial charge on any atom is 0.173 e. The van der Waals surface area contributed by atoms with Crippen LogP contribution in [0.4, 0.5) is 0 Å². The van der Waals surface area contributed by atoms with Crippen LogP contribution < -0.4 is 0 Å². The van der Waals surface area contributed by atoms with Crippen molar-refractivity contribution in [2.45, 2.75) is 33.4 Å². The summed E-state index contributed by atoms with van der Waals surface area (Å²) in [5.74, 6) is 0.700. The summed E-state index contributed by atoms with van der Waals surface area (Å²) < 4.78 is 5.59. The van der Waals surface area contributed by atoms with Gasteiger partial charge in [0.25, 0.3) is 0 Å². The normalized spacial score (nSPS) is 14.3. The third-order valence-electron chi connectivity index (χ3n) is 1.29. The minimum Gasteiger partial charge on any atom is -0.420 e. The maximum atomic E-state index is 5.59. The molecule has 0 spiro atoms. The van der Waals surface area contributed by atoms with E-state index in [9.17, 15) is 0 Å². The lowest BCUT2D eigenvalue weighted by atomic mass is 10.2. The van der Waals surface area contributed by atoms with Crippen molar-refractivity contribution in [3.8, 4) is 0 Å². The van der Waals surface area contributed by atoms with Crippen molar-refractivity contribution in [2.75, 3.05) is 6.61 Å². The molecule has 0 radical (unpaired) electrons. The molecule has 0 aromatic rings. The monoisotopic (exact) mass is 146 g/mol. The van der Waals surface area contributed by atoms with Crippen LogP contribution in [-0.2, 0) is 4.43 Å². The van der Waals surface area contributed by atoms with E-state index in [-0.39, 0.29) is 0 Å². The Morgan fingerprint density at radius 3 is 2.33 bits per heavy atom. The molecule has 0 aliphatic carbocycles. The van der Waals surface area contributed by atoms with Gasteiger partial charge in [0.05, 0.1) is 0 Å². The Hall–Kier alpha value is 0.177. The Bertz CT molecular complexity index is 63.9. The van der Waals surface area contributed by atoms with Gasteiger partial charge in [0.1, 0.15) is 0 Å². The van der Waals surface area contributed by atoms with Crippen molar-refractivity contribution in [1.29, 1.82) is 0 Å². The zero-order chi connectivity index (χ0) is 7.28. The van der Waals surface area contributed by atoms with E-state index in [0.29, 0.717) is 5.92 Å². The molecule has 0 fully saturated rings. The first-order valence-electron chi connectivity index (χ1n) is 3.78. The first kappa shape index (κ1) is 9.18. The highest BCUT2D eigenvalue weighted by molar-refractivity contribution is 6.49. The van der Waals surface area contributed by atoms with E-state index in [1.54, 1.807) is 0 Å². The average Bonchev–Trinajstić information content (AvgIpc) is 1.83. The second kappa shape index (κ2) is 5.00. The van der Waals surface area contributed by atoms with Crippen LogP contribution in [0.2, 0.25) is 12.6 Å². The van der Waals surface area contributed by atoms with Gasteiger partial charge < -0.3 is 4.43 Å². The van der Waals surface area contributed by atoms with Crippen molar-refractivity contribution in [3.63, 3.8) is 0 Å². The Balaban J connectivity index is 3.06. The van der Waals surface area contributed by atoms with E-state index < -0.39 is 9.04 Å². The first-order chi connectivity index (χ1) is 4.16. The lowest BCUT2D eigenvalue weighted by Crippen LogP contribution is -2.15. The largest absolute Gasteiger partial charge is 0.420 e. The van der Waals surface area contributed by atoms with E-state index in [0.717, 1.165) is 6.61 Å². The second-order valence-electron chi connectivity index (χ2n) is 2.95. The molecule has 0 aliphatic rings. The summed E-state index contributed by atoms with van der Waals surface area (Å²) >= 11 is 0. The average molecular weight is 146 g/mol. The van der Waals surface area contributed by atoms with Crippen molar-refractivity contribution in [1.82, 2.24) is 0 Å². The van der Waals surface area contributed by atoms with E-state index in [1.807, 2.05) is 0 Å². The summed E-state index contributed by atoms with van der Waals surface area (Å²) in [7, 11) is -0.737. The highest BCUT2D eigenvalue weighted by atomic mass is 28.3. The molecule has 0 bridgehead atoms. The molecular weight excluding hydrogens is 128 g/mol. The Labute approximate surface area is 60.1 Å². The van der Waals surface area contributed by atoms with Crippen molar-refractivity contribution >= 4 is 9.04 Å². The molecule has 2 heteroatoms. The molecule has 0 rings (SSSR count). The lowest BCUT2D eigenvalue weighted by Gasteiger charge is -2.10. The summed E-state index contributed by atoms with van der Waals surface area (Å²) in [6.07, 6.45) is 0. The second-order valence-corrected chi connectivity index (χ2v) is 5.72. The standard InChI is InChI=1S/C7H18OSi/c1-5-9(4)8-6-7(2)3/h7,9H,5-6H2,1-4H3. The maximum absolute atomic E-state index is 5.59. The first-order valence-corrected chi connectivity index (χ1v) is 6.22. The van der Waals surface area contributed by atoms with Gasteiger partial charge in [0, 0.05) is 6.61 Å². The Morgan fingerprint density at radius 2 is 2.00 bits per heavy atom. The lowest BCUT2D eigenvalue weighted by molar-refractivity contribution is 0.274. The number of hydrogen-bond acceptors (Lipinski definition) is 1. The van der Waals surface area contributed by atoms with E-state index in [1.165, 1.54) is 6.04 Å². The predicted octanol–water partition coefficient (Wildman–Crippen LogP) is 2.03. The predicted molar refractivity (Wildman–Crippen MR) is 44.3 cm³/mol. The zero-order valence-corrected chi connectivity index (χ0v) is 8.13. The van der Waals surface area contributed by atoms with Gasteiger partial charge in [-0.05, 0) is 18.5 Å². The summed E-state index contributed by atoms with van der Waals surface area (Å²) in [5.41, 5.74) is 0.